The third-order valence-electron chi connectivity index (χ3n) is 5.78. The van der Waals surface area contributed by atoms with Gasteiger partial charge in [-0.1, -0.05) is 30.3 Å². The molecule has 0 radical (unpaired) electrons. The maximum absolute atomic E-state index is 12.6. The first-order valence-electron chi connectivity index (χ1n) is 12.8. The molecule has 42 heavy (non-hydrogen) atoms. The van der Waals surface area contributed by atoms with Crippen LogP contribution in [0.1, 0.15) is 54.0 Å². The van der Waals surface area contributed by atoms with Crippen LogP contribution in [0.3, 0.4) is 0 Å². The first kappa shape index (κ1) is 31.7. The lowest BCUT2D eigenvalue weighted by molar-refractivity contribution is -0.288. The molecule has 1 aliphatic heterocycles. The Kier molecular flexibility index (Phi) is 11.1. The van der Waals surface area contributed by atoms with Gasteiger partial charge < -0.3 is 33.2 Å². The minimum atomic E-state index is -1.56. The maximum atomic E-state index is 12.6. The van der Waals surface area contributed by atoms with Crippen LogP contribution in [0, 0.1) is 0 Å². The van der Waals surface area contributed by atoms with E-state index in [1.54, 1.807) is 24.3 Å². The smallest absolute Gasteiger partial charge is 0.338 e. The van der Waals surface area contributed by atoms with Crippen molar-refractivity contribution in [2.24, 2.45) is 0 Å². The fraction of sp³-hybridized carbons (Fsp3) is 0.379. The van der Waals surface area contributed by atoms with Gasteiger partial charge in [0.2, 0.25) is 12.4 Å². The van der Waals surface area contributed by atoms with Gasteiger partial charge in [-0.05, 0) is 23.8 Å². The van der Waals surface area contributed by atoms with Crippen molar-refractivity contribution < 1.29 is 61.9 Å². The summed E-state index contributed by atoms with van der Waals surface area (Å²) in [7, 11) is 0. The molecule has 3 rings (SSSR count). The number of hydrogen-bond acceptors (Lipinski definition) is 13. The van der Waals surface area contributed by atoms with Crippen LogP contribution in [0.25, 0.3) is 0 Å². The molecule has 0 N–H and O–H groups in total. The second-order valence-corrected chi connectivity index (χ2v) is 9.12. The van der Waals surface area contributed by atoms with Gasteiger partial charge in [0.1, 0.15) is 25.1 Å². The second-order valence-electron chi connectivity index (χ2n) is 9.12. The summed E-state index contributed by atoms with van der Waals surface area (Å²) in [5.41, 5.74) is 0.740. The third kappa shape index (κ3) is 8.86. The minimum absolute atomic E-state index is 0.0130. The first-order chi connectivity index (χ1) is 20.0. The lowest BCUT2D eigenvalue weighted by atomic mass is 9.98. The molecular formula is C29H30O13. The molecule has 2 aromatic rings. The Morgan fingerprint density at radius 2 is 1.38 bits per heavy atom. The van der Waals surface area contributed by atoms with Crippen molar-refractivity contribution in [1.29, 1.82) is 0 Å². The first-order valence-corrected chi connectivity index (χ1v) is 12.8. The molecule has 2 aromatic carbocycles. The van der Waals surface area contributed by atoms with E-state index >= 15 is 0 Å². The molecule has 1 unspecified atom stereocenters. The number of esters is 5. The normalized spacial score (nSPS) is 21.3. The molecule has 0 spiro atoms. The number of ether oxygens (including phenoxy) is 7. The van der Waals surface area contributed by atoms with E-state index in [0.29, 0.717) is 6.29 Å². The van der Waals surface area contributed by atoms with Crippen molar-refractivity contribution in [1.82, 2.24) is 0 Å². The van der Waals surface area contributed by atoms with Crippen molar-refractivity contribution in [2.45, 2.75) is 65.0 Å². The maximum Gasteiger partial charge on any atom is 0.338 e. The zero-order valence-electron chi connectivity index (χ0n) is 23.3. The Balaban J connectivity index is 1.92. The number of rotatable bonds is 11. The van der Waals surface area contributed by atoms with Crippen LogP contribution in [0.15, 0.2) is 48.5 Å². The van der Waals surface area contributed by atoms with Crippen LogP contribution in [0.4, 0.5) is 0 Å². The summed E-state index contributed by atoms with van der Waals surface area (Å²) in [5, 5.41) is 0. The Morgan fingerprint density at radius 3 is 1.98 bits per heavy atom. The zero-order valence-corrected chi connectivity index (χ0v) is 23.3. The molecule has 5 atom stereocenters. The standard InChI is InChI=1S/C29H30O13/c1-16(31)36-15-24-25(38-17(2)32)26(39-18(3)33)27(40-19(4)34)29(42-24)41-23-11-10-21(12-22(23)13-30)28(35)37-14-20-8-6-5-7-9-20/h5-13,24-27,29H,14-15H2,1-4H3/t24-,25+,26+,27+,29?/m1/s1. The summed E-state index contributed by atoms with van der Waals surface area (Å²) in [6.45, 7) is 3.97. The van der Waals surface area contributed by atoms with Gasteiger partial charge in [-0.25, -0.2) is 4.79 Å². The van der Waals surface area contributed by atoms with Gasteiger partial charge in [-0.2, -0.15) is 0 Å². The molecule has 1 aliphatic rings. The second kappa shape index (κ2) is 14.7. The Bertz CT molecular complexity index is 1310. The number of aldehydes is 1. The average molecular weight is 587 g/mol. The van der Waals surface area contributed by atoms with Gasteiger partial charge in [0.25, 0.3) is 0 Å². The van der Waals surface area contributed by atoms with Gasteiger partial charge in [0.15, 0.2) is 18.5 Å². The van der Waals surface area contributed by atoms with Crippen LogP contribution in [0.5, 0.6) is 5.75 Å². The molecule has 224 valence electrons. The van der Waals surface area contributed by atoms with Crippen LogP contribution in [-0.2, 0) is 54.2 Å². The minimum Gasteiger partial charge on any atom is -0.463 e. The summed E-state index contributed by atoms with van der Waals surface area (Å²) >= 11 is 0. The van der Waals surface area contributed by atoms with Gasteiger partial charge in [0.05, 0.1) is 11.1 Å². The fourth-order valence-corrected chi connectivity index (χ4v) is 4.09. The van der Waals surface area contributed by atoms with Gasteiger partial charge in [-0.15, -0.1) is 0 Å². The number of carbonyl (C=O) groups excluding carboxylic acids is 6. The lowest BCUT2D eigenvalue weighted by Crippen LogP contribution is -2.63. The average Bonchev–Trinajstić information content (AvgIpc) is 2.93. The van der Waals surface area contributed by atoms with Gasteiger partial charge in [0, 0.05) is 27.7 Å². The predicted octanol–water partition coefficient (Wildman–Crippen LogP) is 2.32. The Morgan fingerprint density at radius 1 is 0.762 bits per heavy atom. The highest BCUT2D eigenvalue weighted by Gasteiger charge is 2.53. The largest absolute Gasteiger partial charge is 0.463 e. The van der Waals surface area contributed by atoms with Crippen molar-refractivity contribution in [3.05, 3.63) is 65.2 Å². The highest BCUT2D eigenvalue weighted by atomic mass is 16.7. The molecule has 0 amide bonds. The summed E-state index contributed by atoms with van der Waals surface area (Å²) in [6, 6.07) is 12.9. The van der Waals surface area contributed by atoms with Crippen molar-refractivity contribution >= 4 is 36.1 Å². The van der Waals surface area contributed by atoms with Crippen LogP contribution in [-0.4, -0.2) is 73.4 Å². The summed E-state index contributed by atoms with van der Waals surface area (Å²) in [6.07, 6.45) is -6.71. The molecular weight excluding hydrogens is 556 g/mol. The van der Waals surface area contributed by atoms with Crippen LogP contribution >= 0.6 is 0 Å². The lowest BCUT2D eigenvalue weighted by Gasteiger charge is -2.44. The van der Waals surface area contributed by atoms with E-state index in [0.717, 1.165) is 33.3 Å². The quantitative estimate of drug-likeness (QED) is 0.214. The molecule has 1 saturated heterocycles. The summed E-state index contributed by atoms with van der Waals surface area (Å²) < 4.78 is 38.2. The van der Waals surface area contributed by atoms with Gasteiger partial charge >= 0.3 is 29.8 Å². The predicted molar refractivity (Wildman–Crippen MR) is 140 cm³/mol. The Hall–Kier alpha value is -4.78. The number of benzene rings is 2. The van der Waals surface area contributed by atoms with E-state index < -0.39 is 67.2 Å². The molecule has 0 bridgehead atoms. The molecule has 1 fully saturated rings. The number of carbonyl (C=O) groups is 6. The van der Waals surface area contributed by atoms with E-state index in [1.165, 1.54) is 18.2 Å². The van der Waals surface area contributed by atoms with Crippen molar-refractivity contribution in [3.8, 4) is 5.75 Å². The molecule has 13 nitrogen and oxygen atoms in total. The van der Waals surface area contributed by atoms with E-state index in [2.05, 4.69) is 0 Å². The zero-order chi connectivity index (χ0) is 30.8. The van der Waals surface area contributed by atoms with Crippen LogP contribution < -0.4 is 4.74 Å². The SMILES string of the molecule is CC(=O)OC[C@H]1OC(Oc2ccc(C(=O)OCc3ccccc3)cc2C=O)[C@@H](OC(C)=O)[C@@H](OC(C)=O)[C@H]1OC(C)=O. The molecule has 0 aliphatic carbocycles. The molecule has 1 heterocycles. The highest BCUT2D eigenvalue weighted by molar-refractivity contribution is 5.92. The molecule has 0 saturated carbocycles. The monoisotopic (exact) mass is 586 g/mol. The van der Waals surface area contributed by atoms with Gasteiger partial charge in [-0.3, -0.25) is 24.0 Å². The van der Waals surface area contributed by atoms with Crippen molar-refractivity contribution in [2.75, 3.05) is 6.61 Å². The van der Waals surface area contributed by atoms with E-state index in [4.69, 9.17) is 33.2 Å². The van der Waals surface area contributed by atoms with E-state index in [9.17, 15) is 28.8 Å². The highest BCUT2D eigenvalue weighted by Crippen LogP contribution is 2.32. The Labute approximate surface area is 240 Å². The van der Waals surface area contributed by atoms with E-state index in [1.807, 2.05) is 6.07 Å². The van der Waals surface area contributed by atoms with E-state index in [-0.39, 0.29) is 23.5 Å². The summed E-state index contributed by atoms with van der Waals surface area (Å²) in [4.78, 5) is 72.0. The van der Waals surface area contributed by atoms with Crippen molar-refractivity contribution in [3.63, 3.8) is 0 Å². The van der Waals surface area contributed by atoms with Crippen LogP contribution in [0.2, 0.25) is 0 Å². The summed E-state index contributed by atoms with van der Waals surface area (Å²) in [5.74, 6) is -3.88. The molecule has 13 heteroatoms. The number of hydrogen-bond donors (Lipinski definition) is 0. The third-order valence-corrected chi connectivity index (χ3v) is 5.78. The molecule has 0 aromatic heterocycles. The fourth-order valence-electron chi connectivity index (χ4n) is 4.09. The topological polar surface area (TPSA) is 167 Å².